The van der Waals surface area contributed by atoms with Crippen molar-refractivity contribution in [3.63, 3.8) is 0 Å². The highest BCUT2D eigenvalue weighted by Gasteiger charge is 2.25. The summed E-state index contributed by atoms with van der Waals surface area (Å²) in [6.07, 6.45) is 0.393. The number of nitrogens with zero attached hydrogens (tertiary/aromatic N) is 5. The van der Waals surface area contributed by atoms with E-state index in [4.69, 9.17) is 0 Å². The van der Waals surface area contributed by atoms with Gasteiger partial charge in [0.1, 0.15) is 17.5 Å². The molecule has 170 valence electrons. The number of halogens is 2. The zero-order valence-electron chi connectivity index (χ0n) is 19.2. The van der Waals surface area contributed by atoms with E-state index in [2.05, 4.69) is 44.2 Å². The summed E-state index contributed by atoms with van der Waals surface area (Å²) in [5, 5.41) is 4.32. The van der Waals surface area contributed by atoms with Crippen LogP contribution in [0.15, 0.2) is 30.5 Å². The van der Waals surface area contributed by atoms with E-state index < -0.39 is 6.43 Å². The Balaban J connectivity index is 1.67. The molecule has 2 aromatic heterocycles. The lowest BCUT2D eigenvalue weighted by Gasteiger charge is -2.22. The van der Waals surface area contributed by atoms with Gasteiger partial charge in [0.25, 0.3) is 6.43 Å². The zero-order valence-corrected chi connectivity index (χ0v) is 19.2. The molecule has 0 radical (unpaired) electrons. The smallest absolute Gasteiger partial charge is 0.264 e. The molecular formula is C24H30F2N6. The SMILES string of the molecule is Cc1nc(NC(C)c2cccc(C(F)F)c2C)c2cc(N3CC[C@@H](N(C)C)C3)ncc2n1. The molecular weight excluding hydrogens is 410 g/mol. The Kier molecular flexibility index (Phi) is 6.24. The molecule has 1 saturated heterocycles. The van der Waals surface area contributed by atoms with E-state index in [1.54, 1.807) is 19.2 Å². The summed E-state index contributed by atoms with van der Waals surface area (Å²) < 4.78 is 26.7. The first-order chi connectivity index (χ1) is 15.2. The number of likely N-dealkylation sites (N-methyl/N-ethyl adjacent to an activating group) is 1. The van der Waals surface area contributed by atoms with Crippen molar-refractivity contribution in [2.24, 2.45) is 0 Å². The zero-order chi connectivity index (χ0) is 23.0. The number of aromatic nitrogens is 3. The minimum absolute atomic E-state index is 0.0656. The predicted octanol–water partition coefficient (Wildman–Crippen LogP) is 4.89. The van der Waals surface area contributed by atoms with Crippen LogP contribution in [-0.4, -0.2) is 53.1 Å². The number of pyridine rings is 1. The molecule has 1 unspecified atom stereocenters. The van der Waals surface area contributed by atoms with Gasteiger partial charge in [-0.05, 0) is 58.5 Å². The lowest BCUT2D eigenvalue weighted by molar-refractivity contribution is 0.150. The van der Waals surface area contributed by atoms with E-state index >= 15 is 0 Å². The van der Waals surface area contributed by atoms with Crippen LogP contribution in [0.5, 0.6) is 0 Å². The number of rotatable bonds is 6. The van der Waals surface area contributed by atoms with Crippen LogP contribution < -0.4 is 10.2 Å². The van der Waals surface area contributed by atoms with Gasteiger partial charge in [-0.15, -0.1) is 0 Å². The van der Waals surface area contributed by atoms with Gasteiger partial charge >= 0.3 is 0 Å². The molecule has 0 bridgehead atoms. The summed E-state index contributed by atoms with van der Waals surface area (Å²) in [7, 11) is 4.21. The Morgan fingerprint density at radius 2 is 1.91 bits per heavy atom. The molecule has 1 aromatic carbocycles. The van der Waals surface area contributed by atoms with Gasteiger partial charge in [0, 0.05) is 30.1 Å². The average Bonchev–Trinajstić information content (AvgIpc) is 3.24. The van der Waals surface area contributed by atoms with Crippen LogP contribution in [0.2, 0.25) is 0 Å². The quantitative estimate of drug-likeness (QED) is 0.589. The summed E-state index contributed by atoms with van der Waals surface area (Å²) in [6.45, 7) is 7.43. The average molecular weight is 441 g/mol. The van der Waals surface area contributed by atoms with Crippen LogP contribution in [0.25, 0.3) is 10.9 Å². The van der Waals surface area contributed by atoms with E-state index in [1.807, 2.05) is 26.0 Å². The number of alkyl halides is 2. The molecule has 0 saturated carbocycles. The number of benzene rings is 1. The van der Waals surface area contributed by atoms with Crippen molar-refractivity contribution in [3.05, 3.63) is 53.0 Å². The predicted molar refractivity (Wildman–Crippen MR) is 125 cm³/mol. The maximum absolute atomic E-state index is 13.4. The Hall–Kier alpha value is -2.87. The van der Waals surface area contributed by atoms with Crippen molar-refractivity contribution in [1.29, 1.82) is 0 Å². The van der Waals surface area contributed by atoms with Crippen molar-refractivity contribution >= 4 is 22.5 Å². The van der Waals surface area contributed by atoms with Gasteiger partial charge in [0.2, 0.25) is 0 Å². The summed E-state index contributed by atoms with van der Waals surface area (Å²) in [5.41, 5.74) is 2.26. The van der Waals surface area contributed by atoms with Crippen LogP contribution in [0.3, 0.4) is 0 Å². The number of nitrogens with one attached hydrogen (secondary N) is 1. The topological polar surface area (TPSA) is 57.2 Å². The van der Waals surface area contributed by atoms with Gasteiger partial charge in [-0.3, -0.25) is 0 Å². The fraction of sp³-hybridized carbons (Fsp3) is 0.458. The highest BCUT2D eigenvalue weighted by Crippen LogP contribution is 2.32. The fourth-order valence-corrected chi connectivity index (χ4v) is 4.45. The molecule has 4 rings (SSSR count). The summed E-state index contributed by atoms with van der Waals surface area (Å²) in [5.74, 6) is 2.23. The molecule has 2 atom stereocenters. The van der Waals surface area contributed by atoms with Crippen molar-refractivity contribution < 1.29 is 8.78 Å². The van der Waals surface area contributed by atoms with Gasteiger partial charge in [0.15, 0.2) is 0 Å². The van der Waals surface area contributed by atoms with E-state index in [-0.39, 0.29) is 11.6 Å². The normalized spacial score (nSPS) is 17.5. The Labute approximate surface area is 187 Å². The molecule has 32 heavy (non-hydrogen) atoms. The first-order valence-electron chi connectivity index (χ1n) is 10.9. The van der Waals surface area contributed by atoms with Crippen LogP contribution in [0.1, 0.15) is 48.3 Å². The number of hydrogen-bond acceptors (Lipinski definition) is 6. The van der Waals surface area contributed by atoms with Gasteiger partial charge in [-0.25, -0.2) is 23.7 Å². The molecule has 0 aliphatic carbocycles. The second kappa shape index (κ2) is 8.94. The molecule has 1 aliphatic heterocycles. The number of fused-ring (bicyclic) bond motifs is 1. The van der Waals surface area contributed by atoms with Crippen molar-refractivity contribution in [3.8, 4) is 0 Å². The second-order valence-electron chi connectivity index (χ2n) is 8.76. The lowest BCUT2D eigenvalue weighted by atomic mass is 9.97. The molecule has 0 spiro atoms. The highest BCUT2D eigenvalue weighted by molar-refractivity contribution is 5.90. The lowest BCUT2D eigenvalue weighted by Crippen LogP contribution is -2.31. The van der Waals surface area contributed by atoms with Gasteiger partial charge in [0.05, 0.1) is 17.8 Å². The van der Waals surface area contributed by atoms with Crippen LogP contribution in [0.4, 0.5) is 20.4 Å². The number of anilines is 2. The van der Waals surface area contributed by atoms with Crippen molar-refractivity contribution in [2.75, 3.05) is 37.4 Å². The third-order valence-corrected chi connectivity index (χ3v) is 6.37. The summed E-state index contributed by atoms with van der Waals surface area (Å²) >= 11 is 0. The van der Waals surface area contributed by atoms with Crippen LogP contribution in [0, 0.1) is 13.8 Å². The monoisotopic (exact) mass is 440 g/mol. The minimum Gasteiger partial charge on any atom is -0.363 e. The molecule has 1 N–H and O–H groups in total. The summed E-state index contributed by atoms with van der Waals surface area (Å²) in [4.78, 5) is 18.4. The first-order valence-corrected chi connectivity index (χ1v) is 10.9. The van der Waals surface area contributed by atoms with Gasteiger partial charge in [-0.1, -0.05) is 18.2 Å². The fourth-order valence-electron chi connectivity index (χ4n) is 4.45. The third kappa shape index (κ3) is 4.37. The Bertz CT molecular complexity index is 1120. The Morgan fingerprint density at radius 1 is 1.16 bits per heavy atom. The molecule has 3 aromatic rings. The van der Waals surface area contributed by atoms with E-state index in [0.29, 0.717) is 23.2 Å². The third-order valence-electron chi connectivity index (χ3n) is 6.37. The molecule has 8 heteroatoms. The maximum atomic E-state index is 13.4. The molecule has 0 amide bonds. The van der Waals surface area contributed by atoms with Crippen molar-refractivity contribution in [1.82, 2.24) is 19.9 Å². The minimum atomic E-state index is -2.50. The van der Waals surface area contributed by atoms with E-state index in [9.17, 15) is 8.78 Å². The summed E-state index contributed by atoms with van der Waals surface area (Å²) in [6, 6.07) is 7.38. The Morgan fingerprint density at radius 3 is 2.59 bits per heavy atom. The second-order valence-corrected chi connectivity index (χ2v) is 8.76. The van der Waals surface area contributed by atoms with Crippen molar-refractivity contribution in [2.45, 2.75) is 45.7 Å². The van der Waals surface area contributed by atoms with Gasteiger partial charge < -0.3 is 15.1 Å². The van der Waals surface area contributed by atoms with Crippen LogP contribution in [-0.2, 0) is 0 Å². The van der Waals surface area contributed by atoms with Crippen LogP contribution >= 0.6 is 0 Å². The largest absolute Gasteiger partial charge is 0.363 e. The maximum Gasteiger partial charge on any atom is 0.264 e. The first kappa shape index (κ1) is 22.3. The van der Waals surface area contributed by atoms with E-state index in [0.717, 1.165) is 41.8 Å². The molecule has 6 nitrogen and oxygen atoms in total. The van der Waals surface area contributed by atoms with E-state index in [1.165, 1.54) is 6.07 Å². The highest BCUT2D eigenvalue weighted by atomic mass is 19.3. The molecule has 1 fully saturated rings. The van der Waals surface area contributed by atoms with Gasteiger partial charge in [-0.2, -0.15) is 0 Å². The number of hydrogen-bond donors (Lipinski definition) is 1. The molecule has 1 aliphatic rings. The standard InChI is InChI=1S/C24H30F2N6/c1-14-18(7-6-8-19(14)23(25)26)15(2)28-24-20-11-22(27-12-21(20)29-16(3)30-24)32-10-9-17(13-32)31(4)5/h6-8,11-12,15,17,23H,9-10,13H2,1-5H3,(H,28,29,30)/t15?,17-/m1/s1. The number of aryl methyl sites for hydroxylation is 1. The molecule has 3 heterocycles.